The second kappa shape index (κ2) is 68.9. The van der Waals surface area contributed by atoms with Crippen LogP contribution in [-0.2, 0) is 28.6 Å². The summed E-state index contributed by atoms with van der Waals surface area (Å²) in [5, 5.41) is 0. The van der Waals surface area contributed by atoms with Gasteiger partial charge in [0.25, 0.3) is 0 Å². The Hall–Kier alpha value is -2.63. The van der Waals surface area contributed by atoms with Crippen molar-refractivity contribution in [3.8, 4) is 0 Å². The average Bonchev–Trinajstić information content (AvgIpc) is 3.46. The lowest BCUT2D eigenvalue weighted by Gasteiger charge is -2.18. The van der Waals surface area contributed by atoms with Crippen molar-refractivity contribution in [2.45, 2.75) is 393 Å². The second-order valence-corrected chi connectivity index (χ2v) is 24.1. The third-order valence-corrected chi connectivity index (χ3v) is 16.1. The van der Waals surface area contributed by atoms with Gasteiger partial charge in [-0.3, -0.25) is 14.4 Å². The van der Waals surface area contributed by atoms with Crippen LogP contribution in [0.2, 0.25) is 0 Å². The maximum absolute atomic E-state index is 12.9. The summed E-state index contributed by atoms with van der Waals surface area (Å²) < 4.78 is 16.9. The molecule has 6 nitrogen and oxygen atoms in total. The Labute approximate surface area is 498 Å². The quantitative estimate of drug-likeness (QED) is 0.0261. The third-order valence-electron chi connectivity index (χ3n) is 16.1. The van der Waals surface area contributed by atoms with Gasteiger partial charge in [-0.2, -0.15) is 0 Å². The molecule has 0 N–H and O–H groups in total. The monoisotopic (exact) mass is 1120 g/mol. The summed E-state index contributed by atoms with van der Waals surface area (Å²) in [6.07, 6.45) is 87.7. The van der Waals surface area contributed by atoms with Crippen molar-refractivity contribution in [2.24, 2.45) is 0 Å². The predicted molar refractivity (Wildman–Crippen MR) is 349 cm³/mol. The molecule has 0 amide bonds. The van der Waals surface area contributed by atoms with Gasteiger partial charge in [-0.15, -0.1) is 0 Å². The van der Waals surface area contributed by atoms with Gasteiger partial charge < -0.3 is 14.2 Å². The highest BCUT2D eigenvalue weighted by atomic mass is 16.6. The van der Waals surface area contributed by atoms with Gasteiger partial charge in [0.2, 0.25) is 0 Å². The van der Waals surface area contributed by atoms with Crippen LogP contribution >= 0.6 is 0 Å². The maximum Gasteiger partial charge on any atom is 0.306 e. The van der Waals surface area contributed by atoms with Crippen molar-refractivity contribution in [1.29, 1.82) is 0 Å². The van der Waals surface area contributed by atoms with E-state index in [4.69, 9.17) is 14.2 Å². The number of unbranched alkanes of at least 4 members (excludes halogenated alkanes) is 47. The first-order valence-corrected chi connectivity index (χ1v) is 35.6. The number of ether oxygens (including phenoxy) is 3. The van der Waals surface area contributed by atoms with E-state index >= 15 is 0 Å². The number of hydrogen-bond donors (Lipinski definition) is 0. The van der Waals surface area contributed by atoms with Crippen molar-refractivity contribution in [2.75, 3.05) is 13.2 Å². The number of carbonyl (C=O) groups is 3. The molecule has 0 aromatic rings. The molecule has 0 heterocycles. The molecule has 0 aromatic heterocycles. The molecule has 80 heavy (non-hydrogen) atoms. The van der Waals surface area contributed by atoms with E-state index in [1.54, 1.807) is 0 Å². The van der Waals surface area contributed by atoms with Crippen LogP contribution in [-0.4, -0.2) is 37.2 Å². The van der Waals surface area contributed by atoms with E-state index in [2.05, 4.69) is 69.4 Å². The zero-order valence-electron chi connectivity index (χ0n) is 53.9. The van der Waals surface area contributed by atoms with Crippen molar-refractivity contribution in [1.82, 2.24) is 0 Å². The lowest BCUT2D eigenvalue weighted by molar-refractivity contribution is -0.167. The normalized spacial score (nSPS) is 12.3. The molecule has 0 fully saturated rings. The van der Waals surface area contributed by atoms with Crippen molar-refractivity contribution in [3.05, 3.63) is 48.6 Å². The predicted octanol–water partition coefficient (Wildman–Crippen LogP) is 24.5. The van der Waals surface area contributed by atoms with Gasteiger partial charge >= 0.3 is 17.9 Å². The van der Waals surface area contributed by atoms with Crippen LogP contribution < -0.4 is 0 Å². The van der Waals surface area contributed by atoms with Gasteiger partial charge in [0, 0.05) is 19.3 Å². The molecule has 0 radical (unpaired) electrons. The molecular formula is C74H136O6. The molecule has 0 saturated carbocycles. The first-order valence-electron chi connectivity index (χ1n) is 35.6. The molecule has 0 aliphatic rings. The minimum atomic E-state index is -0.765. The van der Waals surface area contributed by atoms with E-state index in [1.807, 2.05) is 0 Å². The minimum absolute atomic E-state index is 0.0654. The van der Waals surface area contributed by atoms with E-state index < -0.39 is 6.10 Å². The molecule has 0 saturated heterocycles. The Morgan fingerprint density at radius 2 is 0.487 bits per heavy atom. The zero-order chi connectivity index (χ0) is 57.8. The van der Waals surface area contributed by atoms with Crippen molar-refractivity contribution < 1.29 is 28.6 Å². The number of hydrogen-bond acceptors (Lipinski definition) is 6. The topological polar surface area (TPSA) is 78.9 Å². The van der Waals surface area contributed by atoms with E-state index in [9.17, 15) is 14.4 Å². The Bertz CT molecular complexity index is 1380. The van der Waals surface area contributed by atoms with Gasteiger partial charge in [0.05, 0.1) is 0 Å². The SMILES string of the molecule is CC/C=C\C/C=C\C/C=C\C/C=C\CCCCCCCCCCCCCCCCCCCCCCCCC(=O)OCC(COC(=O)CCCCCCCC)OC(=O)CCCCCCCCCCCCCCCCCCCCCCC. The van der Waals surface area contributed by atoms with E-state index in [0.717, 1.165) is 83.5 Å². The Morgan fingerprint density at radius 3 is 0.762 bits per heavy atom. The van der Waals surface area contributed by atoms with E-state index in [0.29, 0.717) is 19.3 Å². The highest BCUT2D eigenvalue weighted by molar-refractivity contribution is 5.71. The Balaban J connectivity index is 3.91. The Kier molecular flexibility index (Phi) is 66.6. The van der Waals surface area contributed by atoms with Crippen LogP contribution in [0.4, 0.5) is 0 Å². The molecule has 1 unspecified atom stereocenters. The minimum Gasteiger partial charge on any atom is -0.462 e. The lowest BCUT2D eigenvalue weighted by Crippen LogP contribution is -2.30. The summed E-state index contributed by atoms with van der Waals surface area (Å²) in [4.78, 5) is 38.1. The fraction of sp³-hybridized carbons (Fsp3) is 0.851. The molecule has 468 valence electrons. The van der Waals surface area contributed by atoms with Crippen LogP contribution in [0.3, 0.4) is 0 Å². The molecule has 0 rings (SSSR count). The van der Waals surface area contributed by atoms with Crippen LogP contribution in [0, 0.1) is 0 Å². The zero-order valence-corrected chi connectivity index (χ0v) is 53.9. The standard InChI is InChI=1S/C74H136O6/c1-4-7-10-13-16-18-20-22-24-26-28-30-31-32-33-34-35-36-37-38-39-40-41-42-43-45-46-48-50-52-54-56-58-61-64-67-73(76)79-70-71(69-78-72(75)66-63-60-15-12-9-6-3)80-74(77)68-65-62-59-57-55-53-51-49-47-44-29-27-25-23-21-19-17-14-11-8-5-2/h7,10,16,18,22,24,28,30,71H,4-6,8-9,11-15,17,19-21,23,25-27,29,31-70H2,1-3H3/b10-7-,18-16-,24-22-,30-28-. The number of carbonyl (C=O) groups excluding carboxylic acids is 3. The van der Waals surface area contributed by atoms with E-state index in [1.165, 1.54) is 263 Å². The van der Waals surface area contributed by atoms with Crippen LogP contribution in [0.15, 0.2) is 48.6 Å². The average molecular weight is 1120 g/mol. The largest absolute Gasteiger partial charge is 0.462 e. The molecule has 0 aliphatic carbocycles. The lowest BCUT2D eigenvalue weighted by atomic mass is 10.0. The van der Waals surface area contributed by atoms with Gasteiger partial charge in [0.1, 0.15) is 13.2 Å². The second-order valence-electron chi connectivity index (χ2n) is 24.1. The summed E-state index contributed by atoms with van der Waals surface area (Å²) in [5.74, 6) is -0.847. The highest BCUT2D eigenvalue weighted by Crippen LogP contribution is 2.19. The molecule has 0 spiro atoms. The fourth-order valence-electron chi connectivity index (χ4n) is 10.8. The molecular weight excluding hydrogens is 985 g/mol. The number of allylic oxidation sites excluding steroid dienone is 8. The van der Waals surface area contributed by atoms with Gasteiger partial charge in [-0.25, -0.2) is 0 Å². The molecule has 0 bridgehead atoms. The smallest absolute Gasteiger partial charge is 0.306 e. The van der Waals surface area contributed by atoms with Crippen molar-refractivity contribution in [3.63, 3.8) is 0 Å². The van der Waals surface area contributed by atoms with Crippen LogP contribution in [0.5, 0.6) is 0 Å². The maximum atomic E-state index is 12.9. The first kappa shape index (κ1) is 77.4. The van der Waals surface area contributed by atoms with Gasteiger partial charge in [-0.1, -0.05) is 358 Å². The molecule has 0 aliphatic heterocycles. The molecule has 0 aromatic carbocycles. The fourth-order valence-corrected chi connectivity index (χ4v) is 10.8. The number of rotatable bonds is 66. The summed E-state index contributed by atoms with van der Waals surface area (Å²) in [6.45, 7) is 6.54. The highest BCUT2D eigenvalue weighted by Gasteiger charge is 2.19. The summed E-state index contributed by atoms with van der Waals surface area (Å²) in [6, 6.07) is 0. The summed E-state index contributed by atoms with van der Waals surface area (Å²) >= 11 is 0. The van der Waals surface area contributed by atoms with Crippen molar-refractivity contribution >= 4 is 17.9 Å². The van der Waals surface area contributed by atoms with E-state index in [-0.39, 0.29) is 31.1 Å². The van der Waals surface area contributed by atoms with Crippen LogP contribution in [0.1, 0.15) is 387 Å². The molecule has 1 atom stereocenters. The van der Waals surface area contributed by atoms with Gasteiger partial charge in [0.15, 0.2) is 6.10 Å². The number of esters is 3. The van der Waals surface area contributed by atoms with Gasteiger partial charge in [-0.05, 0) is 57.8 Å². The van der Waals surface area contributed by atoms with Crippen LogP contribution in [0.25, 0.3) is 0 Å². The first-order chi connectivity index (χ1) is 39.5. The summed E-state index contributed by atoms with van der Waals surface area (Å²) in [7, 11) is 0. The Morgan fingerprint density at radius 1 is 0.263 bits per heavy atom. The summed E-state index contributed by atoms with van der Waals surface area (Å²) in [5.41, 5.74) is 0. The third kappa shape index (κ3) is 66.2. The molecule has 6 heteroatoms.